The molecule has 0 aliphatic carbocycles. The standard InChI is InChI=1S/C10H15BrN2O3/c1-5(2)8(11)10(16)13-4-7(14)12-9(15)6(13)3/h5-6,8H,4H2,1-3H3,(H,12,14,15). The Labute approximate surface area is 103 Å². The van der Waals surface area contributed by atoms with E-state index in [1.807, 2.05) is 13.8 Å². The van der Waals surface area contributed by atoms with Crippen molar-refractivity contribution in [2.75, 3.05) is 6.54 Å². The van der Waals surface area contributed by atoms with Crippen LogP contribution in [0, 0.1) is 5.92 Å². The highest BCUT2D eigenvalue weighted by molar-refractivity contribution is 9.10. The Bertz CT molecular complexity index is 330. The molecule has 1 aliphatic heterocycles. The number of halogens is 1. The third-order valence-corrected chi connectivity index (χ3v) is 3.98. The monoisotopic (exact) mass is 290 g/mol. The summed E-state index contributed by atoms with van der Waals surface area (Å²) >= 11 is 3.28. The summed E-state index contributed by atoms with van der Waals surface area (Å²) in [4.78, 5) is 35.5. The largest absolute Gasteiger partial charge is 0.321 e. The first-order valence-corrected chi connectivity index (χ1v) is 6.04. The van der Waals surface area contributed by atoms with E-state index in [1.54, 1.807) is 6.92 Å². The third-order valence-electron chi connectivity index (χ3n) is 2.53. The van der Waals surface area contributed by atoms with E-state index in [4.69, 9.17) is 0 Å². The minimum Gasteiger partial charge on any atom is -0.321 e. The molecule has 16 heavy (non-hydrogen) atoms. The van der Waals surface area contributed by atoms with Gasteiger partial charge in [0.2, 0.25) is 17.7 Å². The predicted molar refractivity (Wildman–Crippen MR) is 61.9 cm³/mol. The van der Waals surface area contributed by atoms with Crippen LogP contribution in [0.4, 0.5) is 0 Å². The zero-order valence-electron chi connectivity index (χ0n) is 9.49. The Morgan fingerprint density at radius 1 is 1.50 bits per heavy atom. The van der Waals surface area contributed by atoms with Crippen molar-refractivity contribution in [3.8, 4) is 0 Å². The summed E-state index contributed by atoms with van der Waals surface area (Å²) in [5.74, 6) is -0.960. The molecule has 1 N–H and O–H groups in total. The van der Waals surface area contributed by atoms with Crippen LogP contribution in [0.3, 0.4) is 0 Å². The van der Waals surface area contributed by atoms with Crippen molar-refractivity contribution >= 4 is 33.7 Å². The van der Waals surface area contributed by atoms with Crippen LogP contribution < -0.4 is 5.32 Å². The van der Waals surface area contributed by atoms with Gasteiger partial charge in [-0.05, 0) is 12.8 Å². The van der Waals surface area contributed by atoms with Gasteiger partial charge in [0.25, 0.3) is 0 Å². The van der Waals surface area contributed by atoms with Gasteiger partial charge in [-0.1, -0.05) is 29.8 Å². The number of piperazine rings is 1. The number of hydrogen-bond acceptors (Lipinski definition) is 3. The zero-order valence-corrected chi connectivity index (χ0v) is 11.1. The molecule has 1 fully saturated rings. The van der Waals surface area contributed by atoms with Crippen molar-refractivity contribution in [3.05, 3.63) is 0 Å². The van der Waals surface area contributed by atoms with Crippen molar-refractivity contribution in [1.82, 2.24) is 10.2 Å². The van der Waals surface area contributed by atoms with Gasteiger partial charge in [0.05, 0.1) is 4.83 Å². The van der Waals surface area contributed by atoms with E-state index >= 15 is 0 Å². The summed E-state index contributed by atoms with van der Waals surface area (Å²) in [5, 5.41) is 2.19. The summed E-state index contributed by atoms with van der Waals surface area (Å²) in [6, 6.07) is -0.594. The Hall–Kier alpha value is -0.910. The molecule has 1 aliphatic rings. The van der Waals surface area contributed by atoms with E-state index in [-0.39, 0.29) is 23.2 Å². The number of alkyl halides is 1. The number of amides is 3. The third kappa shape index (κ3) is 2.61. The number of hydrogen-bond donors (Lipinski definition) is 1. The van der Waals surface area contributed by atoms with E-state index in [9.17, 15) is 14.4 Å². The van der Waals surface area contributed by atoms with Gasteiger partial charge >= 0.3 is 0 Å². The Morgan fingerprint density at radius 3 is 2.56 bits per heavy atom. The van der Waals surface area contributed by atoms with Crippen LogP contribution in [0.2, 0.25) is 0 Å². The fourth-order valence-corrected chi connectivity index (χ4v) is 1.69. The maximum Gasteiger partial charge on any atom is 0.249 e. The molecule has 0 bridgehead atoms. The van der Waals surface area contributed by atoms with Gasteiger partial charge in [-0.3, -0.25) is 19.7 Å². The molecule has 0 aromatic carbocycles. The minimum absolute atomic E-state index is 0.0550. The molecule has 0 spiro atoms. The Balaban J connectivity index is 2.82. The van der Waals surface area contributed by atoms with Crippen LogP contribution in [0.5, 0.6) is 0 Å². The van der Waals surface area contributed by atoms with Crippen LogP contribution in [-0.2, 0) is 14.4 Å². The van der Waals surface area contributed by atoms with E-state index in [1.165, 1.54) is 4.90 Å². The number of nitrogens with one attached hydrogen (secondary N) is 1. The molecule has 1 saturated heterocycles. The second-order valence-electron chi connectivity index (χ2n) is 4.20. The van der Waals surface area contributed by atoms with Gasteiger partial charge in [-0.2, -0.15) is 0 Å². The first kappa shape index (κ1) is 13.2. The van der Waals surface area contributed by atoms with Crippen LogP contribution in [-0.4, -0.2) is 40.0 Å². The van der Waals surface area contributed by atoms with Crippen molar-refractivity contribution in [3.63, 3.8) is 0 Å². The fraction of sp³-hybridized carbons (Fsp3) is 0.700. The number of rotatable bonds is 2. The molecule has 5 nitrogen and oxygen atoms in total. The van der Waals surface area contributed by atoms with Gasteiger partial charge in [0.1, 0.15) is 12.6 Å². The second-order valence-corrected chi connectivity index (χ2v) is 5.19. The molecule has 0 aromatic rings. The summed E-state index contributed by atoms with van der Waals surface area (Å²) in [6.07, 6.45) is 0. The minimum atomic E-state index is -0.594. The van der Waals surface area contributed by atoms with Crippen LogP contribution in [0.25, 0.3) is 0 Å². The summed E-state index contributed by atoms with van der Waals surface area (Å²) < 4.78 is 0. The lowest BCUT2D eigenvalue weighted by molar-refractivity contribution is -0.149. The maximum absolute atomic E-state index is 12.0. The molecule has 0 radical (unpaired) electrons. The zero-order chi connectivity index (χ0) is 12.5. The smallest absolute Gasteiger partial charge is 0.249 e. The number of carbonyl (C=O) groups excluding carboxylic acids is 3. The lowest BCUT2D eigenvalue weighted by Crippen LogP contribution is -2.60. The molecule has 2 atom stereocenters. The predicted octanol–water partition coefficient (Wildman–Crippen LogP) is 0.279. The molecule has 1 heterocycles. The maximum atomic E-state index is 12.0. The van der Waals surface area contributed by atoms with Gasteiger partial charge in [0, 0.05) is 0 Å². The lowest BCUT2D eigenvalue weighted by atomic mass is 10.1. The van der Waals surface area contributed by atoms with Gasteiger partial charge in [-0.25, -0.2) is 0 Å². The van der Waals surface area contributed by atoms with Crippen LogP contribution in [0.15, 0.2) is 0 Å². The average Bonchev–Trinajstić information content (AvgIpc) is 2.21. The quantitative estimate of drug-likeness (QED) is 0.587. The summed E-state index contributed by atoms with van der Waals surface area (Å²) in [5.41, 5.74) is 0. The van der Waals surface area contributed by atoms with Crippen molar-refractivity contribution < 1.29 is 14.4 Å². The van der Waals surface area contributed by atoms with Crippen molar-refractivity contribution in [2.24, 2.45) is 5.92 Å². The average molecular weight is 291 g/mol. The highest BCUT2D eigenvalue weighted by atomic mass is 79.9. The molecule has 2 unspecified atom stereocenters. The first-order valence-electron chi connectivity index (χ1n) is 5.12. The first-order chi connectivity index (χ1) is 7.34. The Morgan fingerprint density at radius 2 is 2.06 bits per heavy atom. The van der Waals surface area contributed by atoms with E-state index in [2.05, 4.69) is 21.2 Å². The van der Waals surface area contributed by atoms with Crippen LogP contribution in [0.1, 0.15) is 20.8 Å². The van der Waals surface area contributed by atoms with E-state index in [0.29, 0.717) is 0 Å². The molecular weight excluding hydrogens is 276 g/mol. The topological polar surface area (TPSA) is 66.5 Å². The molecule has 0 aromatic heterocycles. The van der Waals surface area contributed by atoms with Crippen molar-refractivity contribution in [1.29, 1.82) is 0 Å². The molecule has 90 valence electrons. The molecule has 6 heteroatoms. The van der Waals surface area contributed by atoms with Crippen LogP contribution >= 0.6 is 15.9 Å². The number of imide groups is 1. The van der Waals surface area contributed by atoms with E-state index in [0.717, 1.165) is 0 Å². The molecular formula is C10H15BrN2O3. The highest BCUT2D eigenvalue weighted by Gasteiger charge is 2.36. The Kier molecular flexibility index (Phi) is 4.07. The highest BCUT2D eigenvalue weighted by Crippen LogP contribution is 2.17. The van der Waals surface area contributed by atoms with E-state index < -0.39 is 17.9 Å². The van der Waals surface area contributed by atoms with Gasteiger partial charge in [0.15, 0.2) is 0 Å². The molecule has 1 rings (SSSR count). The summed E-state index contributed by atoms with van der Waals surface area (Å²) in [6.45, 7) is 5.35. The van der Waals surface area contributed by atoms with Crippen molar-refractivity contribution in [2.45, 2.75) is 31.6 Å². The molecule has 0 saturated carbocycles. The normalized spacial score (nSPS) is 23.3. The number of carbonyl (C=O) groups is 3. The fourth-order valence-electron chi connectivity index (χ4n) is 1.43. The SMILES string of the molecule is CC(C)C(Br)C(=O)N1CC(=O)NC(=O)C1C. The molecule has 3 amide bonds. The van der Waals surface area contributed by atoms with Gasteiger partial charge in [-0.15, -0.1) is 0 Å². The lowest BCUT2D eigenvalue weighted by Gasteiger charge is -2.33. The number of nitrogens with zero attached hydrogens (tertiary/aromatic N) is 1. The second kappa shape index (κ2) is 4.95. The summed E-state index contributed by atoms with van der Waals surface area (Å²) in [7, 11) is 0. The van der Waals surface area contributed by atoms with Gasteiger partial charge < -0.3 is 4.90 Å².